The SMILES string of the molecule is CC[C@@H](C)NC(=O)[C@H](CC)N(Cc1ccc(OC)cc1)C(=O)CN(c1cccc(Br)c1)S(=O)(=O)c1ccc(C)cc1. The molecule has 0 saturated heterocycles. The van der Waals surface area contributed by atoms with Gasteiger partial charge >= 0.3 is 0 Å². The topological polar surface area (TPSA) is 96.0 Å². The van der Waals surface area contributed by atoms with E-state index in [4.69, 9.17) is 4.74 Å². The predicted molar refractivity (Wildman–Crippen MR) is 165 cm³/mol. The minimum absolute atomic E-state index is 0.0686. The summed E-state index contributed by atoms with van der Waals surface area (Å²) in [5, 5.41) is 2.98. The molecule has 10 heteroatoms. The maximum Gasteiger partial charge on any atom is 0.264 e. The molecule has 8 nitrogen and oxygen atoms in total. The highest BCUT2D eigenvalue weighted by atomic mass is 79.9. The van der Waals surface area contributed by atoms with Gasteiger partial charge < -0.3 is 15.0 Å². The Balaban J connectivity index is 2.05. The maximum absolute atomic E-state index is 14.1. The van der Waals surface area contributed by atoms with E-state index in [0.29, 0.717) is 22.3 Å². The molecule has 220 valence electrons. The molecule has 0 unspecified atom stereocenters. The molecule has 0 spiro atoms. The van der Waals surface area contributed by atoms with Crippen LogP contribution < -0.4 is 14.4 Å². The molecule has 3 aromatic rings. The largest absolute Gasteiger partial charge is 0.497 e. The third kappa shape index (κ3) is 8.33. The summed E-state index contributed by atoms with van der Waals surface area (Å²) in [6.07, 6.45) is 1.09. The van der Waals surface area contributed by atoms with Crippen molar-refractivity contribution in [2.45, 2.75) is 64.1 Å². The van der Waals surface area contributed by atoms with Crippen molar-refractivity contribution >= 4 is 43.5 Å². The predicted octanol–water partition coefficient (Wildman–Crippen LogP) is 5.68. The second-order valence-electron chi connectivity index (χ2n) is 9.92. The van der Waals surface area contributed by atoms with Gasteiger partial charge in [-0.3, -0.25) is 13.9 Å². The lowest BCUT2D eigenvalue weighted by Crippen LogP contribution is -2.53. The number of ether oxygens (including phenoxy) is 1. The number of amides is 2. The lowest BCUT2D eigenvalue weighted by atomic mass is 10.1. The molecule has 0 aliphatic rings. The lowest BCUT2D eigenvalue weighted by molar-refractivity contribution is -0.140. The maximum atomic E-state index is 14.1. The molecule has 0 aromatic heterocycles. The van der Waals surface area contributed by atoms with Crippen LogP contribution in [0.3, 0.4) is 0 Å². The molecule has 0 fully saturated rings. The van der Waals surface area contributed by atoms with Crippen molar-refractivity contribution in [1.29, 1.82) is 0 Å². The van der Waals surface area contributed by atoms with E-state index >= 15 is 0 Å². The second-order valence-corrected chi connectivity index (χ2v) is 12.7. The van der Waals surface area contributed by atoms with Crippen LogP contribution in [0.25, 0.3) is 0 Å². The van der Waals surface area contributed by atoms with Crippen molar-refractivity contribution in [2.75, 3.05) is 18.0 Å². The molecule has 0 radical (unpaired) electrons. The molecular formula is C31H38BrN3O5S. The van der Waals surface area contributed by atoms with Crippen molar-refractivity contribution in [3.8, 4) is 5.75 Å². The van der Waals surface area contributed by atoms with Crippen LogP contribution in [0.2, 0.25) is 0 Å². The van der Waals surface area contributed by atoms with Gasteiger partial charge in [0.15, 0.2) is 0 Å². The van der Waals surface area contributed by atoms with Crippen molar-refractivity contribution < 1.29 is 22.7 Å². The van der Waals surface area contributed by atoms with E-state index in [9.17, 15) is 18.0 Å². The number of hydrogen-bond acceptors (Lipinski definition) is 5. The van der Waals surface area contributed by atoms with E-state index in [1.165, 1.54) is 17.0 Å². The van der Waals surface area contributed by atoms with Gasteiger partial charge in [0.05, 0.1) is 17.7 Å². The average Bonchev–Trinajstić information content (AvgIpc) is 2.96. The summed E-state index contributed by atoms with van der Waals surface area (Å²) in [4.78, 5) is 29.0. The zero-order valence-electron chi connectivity index (χ0n) is 24.1. The summed E-state index contributed by atoms with van der Waals surface area (Å²) >= 11 is 3.42. The first-order valence-electron chi connectivity index (χ1n) is 13.6. The van der Waals surface area contributed by atoms with Crippen molar-refractivity contribution in [3.63, 3.8) is 0 Å². The van der Waals surface area contributed by atoms with E-state index in [0.717, 1.165) is 21.9 Å². The Labute approximate surface area is 251 Å². The van der Waals surface area contributed by atoms with Gasteiger partial charge in [0.2, 0.25) is 11.8 Å². The highest BCUT2D eigenvalue weighted by Crippen LogP contribution is 2.27. The quantitative estimate of drug-likeness (QED) is 0.258. The minimum atomic E-state index is -4.13. The summed E-state index contributed by atoms with van der Waals surface area (Å²) in [6, 6.07) is 19.6. The summed E-state index contributed by atoms with van der Waals surface area (Å²) in [5.74, 6) is -0.111. The summed E-state index contributed by atoms with van der Waals surface area (Å²) < 4.78 is 34.9. The number of nitrogens with one attached hydrogen (secondary N) is 1. The number of nitrogens with zero attached hydrogens (tertiary/aromatic N) is 2. The molecule has 0 heterocycles. The number of sulfonamides is 1. The van der Waals surface area contributed by atoms with Crippen molar-refractivity contribution in [1.82, 2.24) is 10.2 Å². The number of rotatable bonds is 13. The van der Waals surface area contributed by atoms with Crippen molar-refractivity contribution in [3.05, 3.63) is 88.4 Å². The third-order valence-corrected chi connectivity index (χ3v) is 9.16. The Morgan fingerprint density at radius 2 is 1.63 bits per heavy atom. The number of carbonyl (C=O) groups is 2. The number of aryl methyl sites for hydroxylation is 1. The van der Waals surface area contributed by atoms with E-state index in [1.807, 2.05) is 39.8 Å². The molecule has 0 aliphatic carbocycles. The Morgan fingerprint density at radius 1 is 0.976 bits per heavy atom. The smallest absolute Gasteiger partial charge is 0.264 e. The molecule has 2 atom stereocenters. The zero-order chi connectivity index (χ0) is 30.2. The van der Waals surface area contributed by atoms with Gasteiger partial charge in [-0.25, -0.2) is 8.42 Å². The van der Waals surface area contributed by atoms with Gasteiger partial charge in [-0.05, 0) is 74.7 Å². The van der Waals surface area contributed by atoms with Crippen LogP contribution in [-0.2, 0) is 26.2 Å². The first-order valence-corrected chi connectivity index (χ1v) is 15.8. The average molecular weight is 645 g/mol. The van der Waals surface area contributed by atoms with Crippen LogP contribution in [0.4, 0.5) is 5.69 Å². The fourth-order valence-electron chi connectivity index (χ4n) is 4.29. The van der Waals surface area contributed by atoms with Crippen LogP contribution in [0.5, 0.6) is 5.75 Å². The van der Waals surface area contributed by atoms with Gasteiger partial charge in [-0.15, -0.1) is 0 Å². The Kier molecular flexibility index (Phi) is 11.4. The van der Waals surface area contributed by atoms with Gasteiger partial charge in [-0.1, -0.05) is 65.7 Å². The van der Waals surface area contributed by atoms with Gasteiger partial charge in [0.25, 0.3) is 10.0 Å². The van der Waals surface area contributed by atoms with Crippen LogP contribution >= 0.6 is 15.9 Å². The van der Waals surface area contributed by atoms with E-state index in [2.05, 4.69) is 21.2 Å². The first-order chi connectivity index (χ1) is 19.5. The highest BCUT2D eigenvalue weighted by molar-refractivity contribution is 9.10. The normalized spacial score (nSPS) is 12.7. The fourth-order valence-corrected chi connectivity index (χ4v) is 6.08. The van der Waals surface area contributed by atoms with Crippen LogP contribution in [-0.4, -0.2) is 50.9 Å². The summed E-state index contributed by atoms with van der Waals surface area (Å²) in [7, 11) is -2.55. The minimum Gasteiger partial charge on any atom is -0.497 e. The summed E-state index contributed by atoms with van der Waals surface area (Å²) in [5.41, 5.74) is 2.02. The Hall–Kier alpha value is -3.37. The van der Waals surface area contributed by atoms with E-state index < -0.39 is 28.5 Å². The molecule has 1 N–H and O–H groups in total. The van der Waals surface area contributed by atoms with Crippen LogP contribution in [0.1, 0.15) is 44.7 Å². The van der Waals surface area contributed by atoms with Crippen LogP contribution in [0, 0.1) is 6.92 Å². The van der Waals surface area contributed by atoms with Gasteiger partial charge in [0, 0.05) is 17.1 Å². The number of carbonyl (C=O) groups excluding carboxylic acids is 2. The molecule has 41 heavy (non-hydrogen) atoms. The van der Waals surface area contributed by atoms with Crippen LogP contribution in [0.15, 0.2) is 82.2 Å². The molecule has 0 saturated carbocycles. The molecule has 3 rings (SSSR count). The number of methoxy groups -OCH3 is 1. The number of anilines is 1. The monoisotopic (exact) mass is 643 g/mol. The lowest BCUT2D eigenvalue weighted by Gasteiger charge is -2.33. The number of benzene rings is 3. The van der Waals surface area contributed by atoms with Gasteiger partial charge in [-0.2, -0.15) is 0 Å². The summed E-state index contributed by atoms with van der Waals surface area (Å²) in [6.45, 7) is 7.21. The molecule has 0 aliphatic heterocycles. The molecule has 2 amide bonds. The van der Waals surface area contributed by atoms with E-state index in [-0.39, 0.29) is 23.4 Å². The fraction of sp³-hybridized carbons (Fsp3) is 0.355. The number of halogens is 1. The Bertz CT molecular complexity index is 1430. The Morgan fingerprint density at radius 3 is 2.20 bits per heavy atom. The zero-order valence-corrected chi connectivity index (χ0v) is 26.5. The van der Waals surface area contributed by atoms with Gasteiger partial charge in [0.1, 0.15) is 18.3 Å². The standard InChI is InChI=1S/C31H38BrN3O5S/c1-6-23(4)33-31(37)29(7-2)34(20-24-13-15-27(40-5)16-14-24)30(36)21-35(26-10-8-9-25(32)19-26)41(38,39)28-17-11-22(3)12-18-28/h8-19,23,29H,6-7,20-21H2,1-5H3,(H,33,37)/t23-,29+/m1/s1. The van der Waals surface area contributed by atoms with E-state index in [1.54, 1.807) is 55.6 Å². The number of hydrogen-bond donors (Lipinski definition) is 1. The molecular weight excluding hydrogens is 606 g/mol. The highest BCUT2D eigenvalue weighted by Gasteiger charge is 2.34. The second kappa shape index (κ2) is 14.5. The van der Waals surface area contributed by atoms with Crippen molar-refractivity contribution in [2.24, 2.45) is 0 Å². The first kappa shape index (κ1) is 32.1. The third-order valence-electron chi connectivity index (χ3n) is 6.88. The molecule has 0 bridgehead atoms. The molecule has 3 aromatic carbocycles.